The number of nitrogens with one attached hydrogen (secondary N) is 1. The van der Waals surface area contributed by atoms with Crippen molar-refractivity contribution in [3.63, 3.8) is 0 Å². The van der Waals surface area contributed by atoms with E-state index in [0.717, 1.165) is 16.8 Å². The van der Waals surface area contributed by atoms with E-state index in [-0.39, 0.29) is 25.1 Å². The maximum absolute atomic E-state index is 12.8. The normalized spacial score (nSPS) is 30.1. The third-order valence-corrected chi connectivity index (χ3v) is 13.9. The molecule has 164 valence electrons. The summed E-state index contributed by atoms with van der Waals surface area (Å²) in [5, 5.41) is 13.9. The SMILES string of the molecule is CC(C)[Si](OC1CC=C(CO)[C@@]23CC(=O)O[C@@]12Nc1ccccc13)(C(C)C)C(C)C. The van der Waals surface area contributed by atoms with Gasteiger partial charge in [0.15, 0.2) is 0 Å². The molecule has 1 aliphatic carbocycles. The molecule has 0 aromatic heterocycles. The van der Waals surface area contributed by atoms with Crippen molar-refractivity contribution in [2.24, 2.45) is 0 Å². The standard InChI is InChI=1S/C24H35NO4Si/c1-15(2)30(16(3)4,17(5)6)29-21-12-11-18(14-26)23-13-22(27)28-24(21,23)25-20-10-8-7-9-19(20)23/h7-11,15-17,21,25-26H,12-14H2,1-6H3/t21?,23-,24+/m1/s1. The van der Waals surface area contributed by atoms with Crippen LogP contribution in [0.4, 0.5) is 5.69 Å². The van der Waals surface area contributed by atoms with E-state index >= 15 is 0 Å². The quantitative estimate of drug-likeness (QED) is 0.383. The van der Waals surface area contributed by atoms with E-state index in [4.69, 9.17) is 9.16 Å². The number of aliphatic hydroxyl groups is 1. The van der Waals surface area contributed by atoms with Gasteiger partial charge in [0.05, 0.1) is 18.4 Å². The molecule has 2 aliphatic heterocycles. The molecule has 0 spiro atoms. The Morgan fingerprint density at radius 2 is 1.80 bits per heavy atom. The number of fused-ring (bicyclic) bond motifs is 1. The maximum atomic E-state index is 12.8. The van der Waals surface area contributed by atoms with Gasteiger partial charge >= 0.3 is 5.97 Å². The van der Waals surface area contributed by atoms with E-state index in [1.54, 1.807) is 0 Å². The van der Waals surface area contributed by atoms with Gasteiger partial charge in [-0.15, -0.1) is 0 Å². The molecular weight excluding hydrogens is 394 g/mol. The van der Waals surface area contributed by atoms with Crippen LogP contribution in [0.25, 0.3) is 0 Å². The predicted molar refractivity (Wildman–Crippen MR) is 121 cm³/mol. The van der Waals surface area contributed by atoms with E-state index in [1.807, 2.05) is 18.2 Å². The van der Waals surface area contributed by atoms with E-state index in [1.165, 1.54) is 0 Å². The van der Waals surface area contributed by atoms with Crippen molar-refractivity contribution in [3.8, 4) is 0 Å². The van der Waals surface area contributed by atoms with Crippen LogP contribution in [0.1, 0.15) is 59.9 Å². The number of para-hydroxylation sites is 1. The molecule has 0 amide bonds. The van der Waals surface area contributed by atoms with Crippen molar-refractivity contribution >= 4 is 20.0 Å². The molecule has 1 aromatic carbocycles. The first kappa shape index (κ1) is 21.6. The number of rotatable bonds is 6. The molecular formula is C24H35NO4Si. The summed E-state index contributed by atoms with van der Waals surface area (Å²) in [5.74, 6) is -0.238. The first-order valence-electron chi connectivity index (χ1n) is 11.2. The molecule has 1 unspecified atom stereocenters. The number of benzene rings is 1. The van der Waals surface area contributed by atoms with Gasteiger partial charge in [-0.05, 0) is 40.2 Å². The van der Waals surface area contributed by atoms with Gasteiger partial charge in [-0.3, -0.25) is 4.79 Å². The Morgan fingerprint density at radius 3 is 2.40 bits per heavy atom. The van der Waals surface area contributed by atoms with Crippen molar-refractivity contribution in [1.29, 1.82) is 0 Å². The molecule has 0 bridgehead atoms. The van der Waals surface area contributed by atoms with Crippen molar-refractivity contribution in [2.75, 3.05) is 11.9 Å². The molecule has 0 saturated carbocycles. The molecule has 3 aliphatic rings. The minimum absolute atomic E-state index is 0.0950. The van der Waals surface area contributed by atoms with Crippen LogP contribution < -0.4 is 5.32 Å². The van der Waals surface area contributed by atoms with Crippen LogP contribution in [0.3, 0.4) is 0 Å². The van der Waals surface area contributed by atoms with Crippen LogP contribution in [-0.2, 0) is 19.4 Å². The summed E-state index contributed by atoms with van der Waals surface area (Å²) in [7, 11) is -2.22. The van der Waals surface area contributed by atoms with Gasteiger partial charge in [-0.2, -0.15) is 0 Å². The molecule has 6 heteroatoms. The average Bonchev–Trinajstić information content (AvgIpc) is 3.13. The number of carbonyl (C=O) groups excluding carboxylic acids is 1. The van der Waals surface area contributed by atoms with Gasteiger partial charge in [-0.25, -0.2) is 0 Å². The summed E-state index contributed by atoms with van der Waals surface area (Å²) in [6.45, 7) is 13.5. The lowest BCUT2D eigenvalue weighted by Gasteiger charge is -2.52. The maximum Gasteiger partial charge on any atom is 0.309 e. The van der Waals surface area contributed by atoms with Crippen LogP contribution in [-0.4, -0.2) is 37.8 Å². The van der Waals surface area contributed by atoms with E-state index in [2.05, 4.69) is 59.0 Å². The number of carbonyl (C=O) groups is 1. The second kappa shape index (κ2) is 7.21. The Morgan fingerprint density at radius 1 is 1.17 bits per heavy atom. The van der Waals surface area contributed by atoms with Gasteiger partial charge in [0.1, 0.15) is 6.10 Å². The minimum atomic E-state index is -2.22. The van der Waals surface area contributed by atoms with Crippen molar-refractivity contribution < 1.29 is 19.1 Å². The Balaban J connectivity index is 1.89. The van der Waals surface area contributed by atoms with Gasteiger partial charge in [-0.1, -0.05) is 65.8 Å². The Bertz CT molecular complexity index is 858. The molecule has 1 fully saturated rings. The van der Waals surface area contributed by atoms with Crippen LogP contribution in [0, 0.1) is 0 Å². The lowest BCUT2D eigenvalue weighted by Crippen LogP contribution is -2.65. The fraction of sp³-hybridized carbons (Fsp3) is 0.625. The second-order valence-electron chi connectivity index (χ2n) is 10.0. The third kappa shape index (κ3) is 2.56. The zero-order valence-electron chi connectivity index (χ0n) is 19.0. The highest BCUT2D eigenvalue weighted by Crippen LogP contribution is 2.63. The van der Waals surface area contributed by atoms with Gasteiger partial charge < -0.3 is 19.6 Å². The topological polar surface area (TPSA) is 67.8 Å². The highest BCUT2D eigenvalue weighted by atomic mass is 28.4. The first-order valence-corrected chi connectivity index (χ1v) is 13.4. The van der Waals surface area contributed by atoms with Gasteiger partial charge in [0.2, 0.25) is 14.0 Å². The van der Waals surface area contributed by atoms with E-state index < -0.39 is 19.5 Å². The van der Waals surface area contributed by atoms with Crippen LogP contribution in [0.2, 0.25) is 16.6 Å². The summed E-state index contributed by atoms with van der Waals surface area (Å²) < 4.78 is 13.4. The van der Waals surface area contributed by atoms with Gasteiger partial charge in [0.25, 0.3) is 0 Å². The third-order valence-electron chi connectivity index (χ3n) is 7.83. The van der Waals surface area contributed by atoms with Gasteiger partial charge in [0, 0.05) is 5.69 Å². The summed E-state index contributed by atoms with van der Waals surface area (Å²) in [6, 6.07) is 8.06. The molecule has 1 saturated heterocycles. The Hall–Kier alpha value is -1.63. The number of aliphatic hydroxyl groups excluding tert-OH is 1. The first-order chi connectivity index (χ1) is 14.2. The molecule has 5 nitrogen and oxygen atoms in total. The van der Waals surface area contributed by atoms with Crippen molar-refractivity contribution in [1.82, 2.24) is 0 Å². The number of anilines is 1. The smallest absolute Gasteiger partial charge is 0.309 e. The lowest BCUT2D eigenvalue weighted by molar-refractivity contribution is -0.156. The average molecular weight is 430 g/mol. The fourth-order valence-corrected chi connectivity index (χ4v) is 12.3. The minimum Gasteiger partial charge on any atom is -0.435 e. The van der Waals surface area contributed by atoms with E-state index in [0.29, 0.717) is 23.0 Å². The summed E-state index contributed by atoms with van der Waals surface area (Å²) in [4.78, 5) is 12.8. The van der Waals surface area contributed by atoms with Crippen LogP contribution in [0.5, 0.6) is 0 Å². The monoisotopic (exact) mass is 429 g/mol. The van der Waals surface area contributed by atoms with Crippen LogP contribution >= 0.6 is 0 Å². The zero-order chi connectivity index (χ0) is 21.9. The van der Waals surface area contributed by atoms with Crippen molar-refractivity contribution in [2.45, 2.75) is 88.3 Å². The highest BCUT2D eigenvalue weighted by Gasteiger charge is 2.73. The fourth-order valence-electron chi connectivity index (χ4n) is 6.76. The summed E-state index contributed by atoms with van der Waals surface area (Å²) in [6.07, 6.45) is 2.63. The van der Waals surface area contributed by atoms with E-state index in [9.17, 15) is 9.90 Å². The molecule has 30 heavy (non-hydrogen) atoms. The lowest BCUT2D eigenvalue weighted by atomic mass is 9.63. The van der Waals surface area contributed by atoms with Crippen LogP contribution in [0.15, 0.2) is 35.9 Å². The molecule has 1 aromatic rings. The number of ether oxygens (including phenoxy) is 1. The Labute approximate surface area is 181 Å². The second-order valence-corrected chi connectivity index (χ2v) is 15.4. The number of hydrogen-bond acceptors (Lipinski definition) is 5. The molecule has 4 rings (SSSR count). The highest BCUT2D eigenvalue weighted by molar-refractivity contribution is 6.77. The Kier molecular flexibility index (Phi) is 5.19. The molecule has 2 heterocycles. The number of hydrogen-bond donors (Lipinski definition) is 2. The van der Waals surface area contributed by atoms with Crippen molar-refractivity contribution in [3.05, 3.63) is 41.5 Å². The zero-order valence-corrected chi connectivity index (χ0v) is 20.0. The summed E-state index contributed by atoms with van der Waals surface area (Å²) >= 11 is 0. The predicted octanol–water partition coefficient (Wildman–Crippen LogP) is 4.88. The largest absolute Gasteiger partial charge is 0.435 e. The molecule has 0 radical (unpaired) electrons. The molecule has 3 atom stereocenters. The summed E-state index contributed by atoms with van der Waals surface area (Å²) in [5.41, 5.74) is 2.39. The molecule has 2 N–H and O–H groups in total. The number of esters is 1.